The van der Waals surface area contributed by atoms with Crippen molar-refractivity contribution in [2.75, 3.05) is 5.32 Å². The molecule has 1 aliphatic carbocycles. The Bertz CT molecular complexity index is 580. The van der Waals surface area contributed by atoms with Crippen LogP contribution >= 0.6 is 22.6 Å². The van der Waals surface area contributed by atoms with E-state index < -0.39 is 0 Å². The van der Waals surface area contributed by atoms with Crippen molar-refractivity contribution in [1.82, 2.24) is 0 Å². The molecule has 0 spiro atoms. The molecule has 3 rings (SSSR count). The van der Waals surface area contributed by atoms with Crippen molar-refractivity contribution < 1.29 is 5.11 Å². The molecule has 2 aromatic rings. The molecule has 19 heavy (non-hydrogen) atoms. The number of phenols is 1. The van der Waals surface area contributed by atoms with Crippen LogP contribution < -0.4 is 5.32 Å². The monoisotopic (exact) mass is 365 g/mol. The average molecular weight is 365 g/mol. The van der Waals surface area contributed by atoms with Crippen molar-refractivity contribution in [3.05, 3.63) is 57.2 Å². The minimum atomic E-state index is 0.302. The molecule has 0 fully saturated rings. The van der Waals surface area contributed by atoms with Gasteiger partial charge in [0.25, 0.3) is 0 Å². The van der Waals surface area contributed by atoms with Gasteiger partial charge in [-0.05, 0) is 89.4 Å². The molecule has 0 aromatic heterocycles. The van der Waals surface area contributed by atoms with Crippen molar-refractivity contribution in [1.29, 1.82) is 0 Å². The minimum absolute atomic E-state index is 0.302. The number of fused-ring (bicyclic) bond motifs is 1. The van der Waals surface area contributed by atoms with Gasteiger partial charge in [-0.2, -0.15) is 0 Å². The molecule has 0 saturated carbocycles. The molecule has 0 radical (unpaired) electrons. The molecule has 1 atom stereocenters. The summed E-state index contributed by atoms with van der Waals surface area (Å²) in [6.07, 6.45) is 3.42. The molecule has 2 nitrogen and oxygen atoms in total. The van der Waals surface area contributed by atoms with Gasteiger partial charge >= 0.3 is 0 Å². The first-order valence-electron chi connectivity index (χ1n) is 6.56. The Morgan fingerprint density at radius 2 is 1.89 bits per heavy atom. The van der Waals surface area contributed by atoms with Crippen LogP contribution in [-0.2, 0) is 6.42 Å². The van der Waals surface area contributed by atoms with Gasteiger partial charge < -0.3 is 10.4 Å². The van der Waals surface area contributed by atoms with Gasteiger partial charge in [0.05, 0.1) is 6.04 Å². The summed E-state index contributed by atoms with van der Waals surface area (Å²) in [6, 6.07) is 14.5. The van der Waals surface area contributed by atoms with Crippen molar-refractivity contribution in [2.24, 2.45) is 0 Å². The van der Waals surface area contributed by atoms with Crippen LogP contribution in [0.25, 0.3) is 0 Å². The highest BCUT2D eigenvalue weighted by atomic mass is 127. The molecule has 2 aromatic carbocycles. The van der Waals surface area contributed by atoms with E-state index in [2.05, 4.69) is 52.2 Å². The Morgan fingerprint density at radius 1 is 1.11 bits per heavy atom. The maximum Gasteiger partial charge on any atom is 0.115 e. The van der Waals surface area contributed by atoms with Gasteiger partial charge in [-0.25, -0.2) is 0 Å². The molecule has 98 valence electrons. The van der Waals surface area contributed by atoms with Crippen LogP contribution in [-0.4, -0.2) is 5.11 Å². The van der Waals surface area contributed by atoms with Gasteiger partial charge in [0.1, 0.15) is 5.75 Å². The van der Waals surface area contributed by atoms with E-state index in [9.17, 15) is 5.11 Å². The van der Waals surface area contributed by atoms with Crippen LogP contribution in [0.1, 0.15) is 30.0 Å². The molecule has 0 saturated heterocycles. The average Bonchev–Trinajstić information content (AvgIpc) is 2.42. The van der Waals surface area contributed by atoms with Gasteiger partial charge in [0.2, 0.25) is 0 Å². The van der Waals surface area contributed by atoms with E-state index in [-0.39, 0.29) is 0 Å². The quantitative estimate of drug-likeness (QED) is 0.769. The van der Waals surface area contributed by atoms with Crippen LogP contribution in [0.3, 0.4) is 0 Å². The van der Waals surface area contributed by atoms with Crippen LogP contribution in [0.2, 0.25) is 0 Å². The Hall–Kier alpha value is -1.23. The van der Waals surface area contributed by atoms with Crippen molar-refractivity contribution in [2.45, 2.75) is 25.3 Å². The first kappa shape index (κ1) is 12.8. The third-order valence-corrected chi connectivity index (χ3v) is 4.35. The predicted octanol–water partition coefficient (Wildman–Crippen LogP) is 4.49. The van der Waals surface area contributed by atoms with E-state index in [0.29, 0.717) is 11.8 Å². The smallest absolute Gasteiger partial charge is 0.115 e. The SMILES string of the molecule is Oc1ccc2c(c1)C(Nc1ccc(I)cc1)CCC2. The lowest BCUT2D eigenvalue weighted by molar-refractivity contribution is 0.471. The maximum absolute atomic E-state index is 9.68. The molecule has 0 bridgehead atoms. The zero-order valence-electron chi connectivity index (χ0n) is 10.6. The minimum Gasteiger partial charge on any atom is -0.508 e. The van der Waals surface area contributed by atoms with Gasteiger partial charge in [0.15, 0.2) is 0 Å². The summed E-state index contributed by atoms with van der Waals surface area (Å²) in [5.74, 6) is 0.357. The predicted molar refractivity (Wildman–Crippen MR) is 86.6 cm³/mol. The molecule has 1 unspecified atom stereocenters. The lowest BCUT2D eigenvalue weighted by Gasteiger charge is -2.27. The molecule has 0 amide bonds. The second-order valence-electron chi connectivity index (χ2n) is 4.98. The fraction of sp³-hybridized carbons (Fsp3) is 0.250. The zero-order valence-corrected chi connectivity index (χ0v) is 12.7. The van der Waals surface area contributed by atoms with Crippen molar-refractivity contribution >= 4 is 28.3 Å². The number of hydrogen-bond acceptors (Lipinski definition) is 2. The van der Waals surface area contributed by atoms with Crippen LogP contribution in [0.4, 0.5) is 5.69 Å². The first-order valence-corrected chi connectivity index (χ1v) is 7.64. The Labute approximate surface area is 127 Å². The summed E-state index contributed by atoms with van der Waals surface area (Å²) in [4.78, 5) is 0. The summed E-state index contributed by atoms with van der Waals surface area (Å²) < 4.78 is 1.24. The summed E-state index contributed by atoms with van der Waals surface area (Å²) in [6.45, 7) is 0. The highest BCUT2D eigenvalue weighted by Crippen LogP contribution is 2.34. The topological polar surface area (TPSA) is 32.3 Å². The number of aryl methyl sites for hydroxylation is 1. The fourth-order valence-electron chi connectivity index (χ4n) is 2.68. The third-order valence-electron chi connectivity index (χ3n) is 3.63. The van der Waals surface area contributed by atoms with Gasteiger partial charge in [-0.3, -0.25) is 0 Å². The van der Waals surface area contributed by atoms with Gasteiger partial charge in [-0.15, -0.1) is 0 Å². The molecule has 1 aliphatic rings. The van der Waals surface area contributed by atoms with Crippen molar-refractivity contribution in [3.63, 3.8) is 0 Å². The van der Waals surface area contributed by atoms with Gasteiger partial charge in [0, 0.05) is 9.26 Å². The lowest BCUT2D eigenvalue weighted by Crippen LogP contribution is -2.17. The largest absolute Gasteiger partial charge is 0.508 e. The number of aromatic hydroxyl groups is 1. The molecular weight excluding hydrogens is 349 g/mol. The van der Waals surface area contributed by atoms with Crippen LogP contribution in [0, 0.1) is 3.57 Å². The fourth-order valence-corrected chi connectivity index (χ4v) is 3.04. The van der Waals surface area contributed by atoms with E-state index in [0.717, 1.165) is 18.5 Å². The van der Waals surface area contributed by atoms with E-state index in [1.165, 1.54) is 21.1 Å². The number of anilines is 1. The van der Waals surface area contributed by atoms with E-state index in [4.69, 9.17) is 0 Å². The molecule has 3 heteroatoms. The Kier molecular flexibility index (Phi) is 3.64. The number of hydrogen-bond donors (Lipinski definition) is 2. The number of halogens is 1. The normalized spacial score (nSPS) is 17.8. The maximum atomic E-state index is 9.68. The van der Waals surface area contributed by atoms with E-state index >= 15 is 0 Å². The number of phenolic OH excluding ortho intramolecular Hbond substituents is 1. The Morgan fingerprint density at radius 3 is 2.68 bits per heavy atom. The van der Waals surface area contributed by atoms with E-state index in [1.807, 2.05) is 12.1 Å². The first-order chi connectivity index (χ1) is 9.22. The molecule has 2 N–H and O–H groups in total. The number of rotatable bonds is 2. The standard InChI is InChI=1S/C16H16INO/c17-12-5-7-13(8-6-12)18-16-3-1-2-11-4-9-14(19)10-15(11)16/h4-10,16,18-19H,1-3H2. The summed E-state index contributed by atoms with van der Waals surface area (Å²) >= 11 is 2.31. The van der Waals surface area contributed by atoms with Crippen molar-refractivity contribution in [3.8, 4) is 5.75 Å². The summed E-state index contributed by atoms with van der Waals surface area (Å²) in [5.41, 5.74) is 3.73. The molecular formula is C16H16INO. The van der Waals surface area contributed by atoms with E-state index in [1.54, 1.807) is 6.07 Å². The Balaban J connectivity index is 1.87. The van der Waals surface area contributed by atoms with Gasteiger partial charge in [-0.1, -0.05) is 6.07 Å². The molecule has 0 heterocycles. The summed E-state index contributed by atoms with van der Waals surface area (Å²) in [7, 11) is 0. The second-order valence-corrected chi connectivity index (χ2v) is 6.22. The summed E-state index contributed by atoms with van der Waals surface area (Å²) in [5, 5.41) is 13.3. The second kappa shape index (κ2) is 5.41. The lowest BCUT2D eigenvalue weighted by atomic mass is 9.87. The number of benzene rings is 2. The van der Waals surface area contributed by atoms with Crippen LogP contribution in [0.15, 0.2) is 42.5 Å². The molecule has 0 aliphatic heterocycles. The highest BCUT2D eigenvalue weighted by molar-refractivity contribution is 14.1. The van der Waals surface area contributed by atoms with Crippen LogP contribution in [0.5, 0.6) is 5.75 Å². The third kappa shape index (κ3) is 2.86. The highest BCUT2D eigenvalue weighted by Gasteiger charge is 2.20. The number of nitrogens with one attached hydrogen (secondary N) is 1. The zero-order chi connectivity index (χ0) is 13.2.